The van der Waals surface area contributed by atoms with Gasteiger partial charge in [-0.05, 0) is 24.3 Å². The van der Waals surface area contributed by atoms with Crippen molar-refractivity contribution in [1.29, 1.82) is 0 Å². The van der Waals surface area contributed by atoms with E-state index in [0.717, 1.165) is 23.1 Å². The van der Waals surface area contributed by atoms with Gasteiger partial charge in [0.05, 0.1) is 17.8 Å². The molecule has 1 aromatic carbocycles. The molecule has 0 spiro atoms. The molecule has 4 nitrogen and oxygen atoms in total. The standard InChI is InChI=1S/C14H7F4NO3/c15-8-2-1-3-9-11(8)12(20)13(21)19(9)6-7-4-5-10(22-7)14(16,17)18/h1-5H,6H2. The first-order valence-corrected chi connectivity index (χ1v) is 6.09. The van der Waals surface area contributed by atoms with E-state index in [1.165, 1.54) is 12.1 Å². The Morgan fingerprint density at radius 1 is 1.09 bits per heavy atom. The number of carbonyl (C=O) groups excluding carboxylic acids is 2. The van der Waals surface area contributed by atoms with Crippen LogP contribution >= 0.6 is 0 Å². The van der Waals surface area contributed by atoms with E-state index >= 15 is 0 Å². The highest BCUT2D eigenvalue weighted by atomic mass is 19.4. The van der Waals surface area contributed by atoms with Crippen molar-refractivity contribution in [2.45, 2.75) is 12.7 Å². The fourth-order valence-corrected chi connectivity index (χ4v) is 2.23. The zero-order valence-corrected chi connectivity index (χ0v) is 10.8. The van der Waals surface area contributed by atoms with Crippen LogP contribution in [0.4, 0.5) is 23.2 Å². The highest BCUT2D eigenvalue weighted by Crippen LogP contribution is 2.34. The van der Waals surface area contributed by atoms with Gasteiger partial charge in [-0.25, -0.2) is 4.39 Å². The highest BCUT2D eigenvalue weighted by molar-refractivity contribution is 6.52. The van der Waals surface area contributed by atoms with Gasteiger partial charge in [-0.15, -0.1) is 0 Å². The summed E-state index contributed by atoms with van der Waals surface area (Å²) < 4.78 is 55.6. The Balaban J connectivity index is 1.94. The van der Waals surface area contributed by atoms with Crippen LogP contribution in [0.1, 0.15) is 21.9 Å². The Morgan fingerprint density at radius 2 is 1.82 bits per heavy atom. The average molecular weight is 313 g/mol. The van der Waals surface area contributed by atoms with Gasteiger partial charge in [0.25, 0.3) is 11.7 Å². The lowest BCUT2D eigenvalue weighted by Crippen LogP contribution is -2.28. The summed E-state index contributed by atoms with van der Waals surface area (Å²) >= 11 is 0. The largest absolute Gasteiger partial charge is 0.455 e. The molecule has 0 N–H and O–H groups in total. The molecule has 1 aromatic heterocycles. The summed E-state index contributed by atoms with van der Waals surface area (Å²) in [7, 11) is 0. The summed E-state index contributed by atoms with van der Waals surface area (Å²) in [5.41, 5.74) is -0.366. The number of nitrogens with zero attached hydrogens (tertiary/aromatic N) is 1. The maximum Gasteiger partial charge on any atom is 0.449 e. The smallest absolute Gasteiger partial charge is 0.449 e. The molecule has 22 heavy (non-hydrogen) atoms. The molecule has 2 heterocycles. The van der Waals surface area contributed by atoms with Crippen molar-refractivity contribution in [1.82, 2.24) is 0 Å². The van der Waals surface area contributed by atoms with Gasteiger partial charge >= 0.3 is 6.18 Å². The molecule has 0 saturated heterocycles. The van der Waals surface area contributed by atoms with Crippen molar-refractivity contribution >= 4 is 17.4 Å². The monoisotopic (exact) mass is 313 g/mol. The highest BCUT2D eigenvalue weighted by Gasteiger charge is 2.39. The molecule has 114 valence electrons. The first-order chi connectivity index (χ1) is 10.3. The first kappa shape index (κ1) is 14.3. The van der Waals surface area contributed by atoms with Gasteiger partial charge in [-0.1, -0.05) is 6.07 Å². The summed E-state index contributed by atoms with van der Waals surface area (Å²) in [6.45, 7) is -0.392. The average Bonchev–Trinajstić information content (AvgIpc) is 2.99. The Bertz CT molecular complexity index is 779. The number of anilines is 1. The third kappa shape index (κ3) is 2.16. The van der Waals surface area contributed by atoms with Crippen LogP contribution in [-0.4, -0.2) is 11.7 Å². The van der Waals surface area contributed by atoms with Gasteiger partial charge in [-0.2, -0.15) is 13.2 Å². The number of furan rings is 1. The minimum atomic E-state index is -4.65. The molecule has 0 bridgehead atoms. The Hall–Kier alpha value is -2.64. The molecule has 8 heteroatoms. The molecule has 0 atom stereocenters. The zero-order valence-electron chi connectivity index (χ0n) is 10.8. The minimum absolute atomic E-state index is 0.0139. The number of ketones is 1. The number of carbonyl (C=O) groups is 2. The third-order valence-corrected chi connectivity index (χ3v) is 3.20. The number of hydrogen-bond donors (Lipinski definition) is 0. The topological polar surface area (TPSA) is 50.5 Å². The van der Waals surface area contributed by atoms with Crippen LogP contribution in [0.15, 0.2) is 34.7 Å². The zero-order chi connectivity index (χ0) is 16.1. The summed E-state index contributed by atoms with van der Waals surface area (Å²) in [6.07, 6.45) is -4.65. The van der Waals surface area contributed by atoms with Crippen molar-refractivity contribution in [3.05, 3.63) is 53.2 Å². The number of benzene rings is 1. The van der Waals surface area contributed by atoms with Crippen LogP contribution in [0.25, 0.3) is 0 Å². The van der Waals surface area contributed by atoms with E-state index in [1.54, 1.807) is 0 Å². The third-order valence-electron chi connectivity index (χ3n) is 3.20. The normalized spacial score (nSPS) is 14.6. The maximum atomic E-state index is 13.6. The van der Waals surface area contributed by atoms with E-state index in [2.05, 4.69) is 4.42 Å². The van der Waals surface area contributed by atoms with E-state index in [1.807, 2.05) is 0 Å². The minimum Gasteiger partial charge on any atom is -0.455 e. The van der Waals surface area contributed by atoms with Crippen molar-refractivity contribution in [3.8, 4) is 0 Å². The lowest BCUT2D eigenvalue weighted by Gasteiger charge is -2.14. The molecule has 0 aliphatic carbocycles. The van der Waals surface area contributed by atoms with Crippen LogP contribution in [-0.2, 0) is 17.5 Å². The molecule has 3 rings (SSSR count). The van der Waals surface area contributed by atoms with E-state index in [4.69, 9.17) is 0 Å². The molecular formula is C14H7F4NO3. The van der Waals surface area contributed by atoms with Gasteiger partial charge in [0, 0.05) is 0 Å². The molecule has 2 aromatic rings. The SMILES string of the molecule is O=C1C(=O)N(Cc2ccc(C(F)(F)F)o2)c2cccc(F)c21. The summed E-state index contributed by atoms with van der Waals surface area (Å²) in [5.74, 6) is -4.26. The number of rotatable bonds is 2. The lowest BCUT2D eigenvalue weighted by molar-refractivity contribution is -0.153. The number of fused-ring (bicyclic) bond motifs is 1. The molecule has 0 radical (unpaired) electrons. The van der Waals surface area contributed by atoms with Crippen molar-refractivity contribution in [3.63, 3.8) is 0 Å². The van der Waals surface area contributed by atoms with Crippen LogP contribution in [0.2, 0.25) is 0 Å². The summed E-state index contributed by atoms with van der Waals surface area (Å²) in [6, 6.07) is 5.45. The predicted molar refractivity (Wildman–Crippen MR) is 65.6 cm³/mol. The van der Waals surface area contributed by atoms with Gasteiger partial charge in [0.1, 0.15) is 11.6 Å². The van der Waals surface area contributed by atoms with E-state index in [0.29, 0.717) is 0 Å². The van der Waals surface area contributed by atoms with Crippen LogP contribution < -0.4 is 4.90 Å². The van der Waals surface area contributed by atoms with Crippen LogP contribution in [0.3, 0.4) is 0 Å². The molecule has 0 saturated carbocycles. The van der Waals surface area contributed by atoms with Crippen LogP contribution in [0.5, 0.6) is 0 Å². The predicted octanol–water partition coefficient (Wildman–Crippen LogP) is 3.17. The van der Waals surface area contributed by atoms with Gasteiger partial charge in [0.2, 0.25) is 5.76 Å². The fraction of sp³-hybridized carbons (Fsp3) is 0.143. The summed E-state index contributed by atoms with van der Waals surface area (Å²) in [4.78, 5) is 24.5. The number of amides is 1. The fourth-order valence-electron chi connectivity index (χ4n) is 2.23. The summed E-state index contributed by atoms with van der Waals surface area (Å²) in [5, 5.41) is 0. The van der Waals surface area contributed by atoms with Crippen LogP contribution in [0, 0.1) is 5.82 Å². The number of Topliss-reactive ketones (excluding diaryl/α,β-unsaturated/α-hetero) is 1. The van der Waals surface area contributed by atoms with E-state index < -0.39 is 36.0 Å². The Kier molecular flexibility index (Phi) is 3.05. The number of hydrogen-bond acceptors (Lipinski definition) is 3. The second-order valence-electron chi connectivity index (χ2n) is 4.62. The van der Waals surface area contributed by atoms with Crippen molar-refractivity contribution in [2.24, 2.45) is 0 Å². The van der Waals surface area contributed by atoms with E-state index in [-0.39, 0.29) is 17.0 Å². The number of alkyl halides is 3. The molecular weight excluding hydrogens is 306 g/mol. The molecule has 0 fully saturated rings. The van der Waals surface area contributed by atoms with Gasteiger partial charge in [0.15, 0.2) is 0 Å². The molecule has 0 unspecified atom stereocenters. The van der Waals surface area contributed by atoms with Crippen molar-refractivity contribution < 1.29 is 31.6 Å². The first-order valence-electron chi connectivity index (χ1n) is 6.09. The quantitative estimate of drug-likeness (QED) is 0.632. The van der Waals surface area contributed by atoms with Gasteiger partial charge < -0.3 is 4.42 Å². The molecule has 1 amide bonds. The van der Waals surface area contributed by atoms with Crippen molar-refractivity contribution in [2.75, 3.05) is 4.90 Å². The second-order valence-corrected chi connectivity index (χ2v) is 4.62. The maximum absolute atomic E-state index is 13.6. The van der Waals surface area contributed by atoms with Gasteiger partial charge in [-0.3, -0.25) is 14.5 Å². The second kappa shape index (κ2) is 4.69. The molecule has 1 aliphatic rings. The Labute approximate surface area is 120 Å². The van der Waals surface area contributed by atoms with E-state index in [9.17, 15) is 27.2 Å². The Morgan fingerprint density at radius 3 is 2.45 bits per heavy atom. The lowest BCUT2D eigenvalue weighted by atomic mass is 10.1. The molecule has 1 aliphatic heterocycles. The number of halogens is 4.